The lowest BCUT2D eigenvalue weighted by Crippen LogP contribution is -2.21. The first kappa shape index (κ1) is 10.3. The molecule has 2 aromatic rings. The third kappa shape index (κ3) is 1.87. The summed E-state index contributed by atoms with van der Waals surface area (Å²) < 4.78 is 0. The van der Waals surface area contributed by atoms with Crippen LogP contribution in [-0.2, 0) is 0 Å². The SMILES string of the molecule is Clc1nc(NCC2CCC2)c2ccsc2n1. The highest BCUT2D eigenvalue weighted by Crippen LogP contribution is 2.29. The average Bonchev–Trinajstić information content (AvgIpc) is 2.62. The van der Waals surface area contributed by atoms with E-state index < -0.39 is 0 Å². The molecule has 1 N–H and O–H groups in total. The zero-order valence-corrected chi connectivity index (χ0v) is 10.3. The maximum atomic E-state index is 5.89. The summed E-state index contributed by atoms with van der Waals surface area (Å²) in [7, 11) is 0. The quantitative estimate of drug-likeness (QED) is 0.850. The highest BCUT2D eigenvalue weighted by atomic mass is 35.5. The second-order valence-electron chi connectivity index (χ2n) is 4.16. The molecule has 3 rings (SSSR count). The van der Waals surface area contributed by atoms with Crippen LogP contribution in [-0.4, -0.2) is 16.5 Å². The van der Waals surface area contributed by atoms with Gasteiger partial charge in [-0.05, 0) is 41.8 Å². The van der Waals surface area contributed by atoms with E-state index in [0.29, 0.717) is 5.28 Å². The van der Waals surface area contributed by atoms with Gasteiger partial charge >= 0.3 is 0 Å². The van der Waals surface area contributed by atoms with E-state index in [1.165, 1.54) is 19.3 Å². The summed E-state index contributed by atoms with van der Waals surface area (Å²) in [6, 6.07) is 2.04. The van der Waals surface area contributed by atoms with Gasteiger partial charge in [-0.3, -0.25) is 0 Å². The molecular weight excluding hydrogens is 242 g/mol. The number of nitrogens with zero attached hydrogens (tertiary/aromatic N) is 2. The van der Waals surface area contributed by atoms with Gasteiger partial charge in [-0.25, -0.2) is 9.97 Å². The fraction of sp³-hybridized carbons (Fsp3) is 0.455. The zero-order valence-electron chi connectivity index (χ0n) is 8.74. The molecule has 0 aliphatic heterocycles. The Morgan fingerprint density at radius 2 is 2.31 bits per heavy atom. The van der Waals surface area contributed by atoms with Gasteiger partial charge in [0.25, 0.3) is 0 Å². The minimum atomic E-state index is 0.325. The maximum Gasteiger partial charge on any atom is 0.225 e. The van der Waals surface area contributed by atoms with E-state index in [9.17, 15) is 0 Å². The van der Waals surface area contributed by atoms with Gasteiger partial charge in [0, 0.05) is 6.54 Å². The number of aromatic nitrogens is 2. The van der Waals surface area contributed by atoms with Crippen LogP contribution in [0.3, 0.4) is 0 Å². The van der Waals surface area contributed by atoms with Crippen molar-refractivity contribution in [1.82, 2.24) is 9.97 Å². The Morgan fingerprint density at radius 3 is 3.06 bits per heavy atom. The fourth-order valence-electron chi connectivity index (χ4n) is 1.90. The molecule has 84 valence electrons. The number of rotatable bonds is 3. The molecule has 1 saturated carbocycles. The normalized spacial score (nSPS) is 16.3. The fourth-order valence-corrected chi connectivity index (χ4v) is 2.89. The van der Waals surface area contributed by atoms with Crippen molar-refractivity contribution in [3.63, 3.8) is 0 Å². The summed E-state index contributed by atoms with van der Waals surface area (Å²) in [5.74, 6) is 1.69. The van der Waals surface area contributed by atoms with E-state index in [0.717, 1.165) is 28.5 Å². The van der Waals surface area contributed by atoms with Crippen molar-refractivity contribution in [3.05, 3.63) is 16.7 Å². The molecular formula is C11H12ClN3S. The Hall–Kier alpha value is -0.870. The molecule has 16 heavy (non-hydrogen) atoms. The minimum Gasteiger partial charge on any atom is -0.369 e. The van der Waals surface area contributed by atoms with Crippen LogP contribution in [0.1, 0.15) is 19.3 Å². The van der Waals surface area contributed by atoms with Gasteiger partial charge < -0.3 is 5.32 Å². The zero-order chi connectivity index (χ0) is 11.0. The number of halogens is 1. The molecule has 5 heteroatoms. The summed E-state index contributed by atoms with van der Waals surface area (Å²) in [5.41, 5.74) is 0. The van der Waals surface area contributed by atoms with Gasteiger partial charge in [0.15, 0.2) is 0 Å². The third-order valence-electron chi connectivity index (χ3n) is 3.08. The first-order chi connectivity index (χ1) is 7.83. The molecule has 0 bridgehead atoms. The lowest BCUT2D eigenvalue weighted by molar-refractivity contribution is 0.333. The smallest absolute Gasteiger partial charge is 0.225 e. The van der Waals surface area contributed by atoms with E-state index in [2.05, 4.69) is 15.3 Å². The number of nitrogens with one attached hydrogen (secondary N) is 1. The Bertz CT molecular complexity index is 507. The second kappa shape index (κ2) is 4.18. The van der Waals surface area contributed by atoms with Crippen molar-refractivity contribution in [2.75, 3.05) is 11.9 Å². The second-order valence-corrected chi connectivity index (χ2v) is 5.39. The van der Waals surface area contributed by atoms with Crippen molar-refractivity contribution in [2.24, 2.45) is 5.92 Å². The summed E-state index contributed by atoms with van der Waals surface area (Å²) >= 11 is 7.48. The molecule has 2 heterocycles. The van der Waals surface area contributed by atoms with Gasteiger partial charge in [-0.1, -0.05) is 6.42 Å². The van der Waals surface area contributed by atoms with Crippen LogP contribution in [0.5, 0.6) is 0 Å². The molecule has 2 aromatic heterocycles. The lowest BCUT2D eigenvalue weighted by Gasteiger charge is -2.25. The van der Waals surface area contributed by atoms with E-state index in [-0.39, 0.29) is 0 Å². The Morgan fingerprint density at radius 1 is 1.44 bits per heavy atom. The predicted molar refractivity (Wildman–Crippen MR) is 68.3 cm³/mol. The largest absolute Gasteiger partial charge is 0.369 e. The lowest BCUT2D eigenvalue weighted by atomic mass is 9.85. The molecule has 0 unspecified atom stereocenters. The topological polar surface area (TPSA) is 37.8 Å². The number of hydrogen-bond donors (Lipinski definition) is 1. The van der Waals surface area contributed by atoms with E-state index in [4.69, 9.17) is 11.6 Å². The minimum absolute atomic E-state index is 0.325. The standard InChI is InChI=1S/C11H12ClN3S/c12-11-14-9(13-6-7-2-1-3-7)8-4-5-16-10(8)15-11/h4-5,7H,1-3,6H2,(H,13,14,15). The highest BCUT2D eigenvalue weighted by molar-refractivity contribution is 7.16. The van der Waals surface area contributed by atoms with E-state index >= 15 is 0 Å². The van der Waals surface area contributed by atoms with Gasteiger partial charge in [0.05, 0.1) is 5.39 Å². The average molecular weight is 254 g/mol. The van der Waals surface area contributed by atoms with Crippen LogP contribution in [0.2, 0.25) is 5.28 Å². The van der Waals surface area contributed by atoms with Gasteiger partial charge in [-0.15, -0.1) is 11.3 Å². The van der Waals surface area contributed by atoms with Crippen LogP contribution < -0.4 is 5.32 Å². The Balaban J connectivity index is 1.85. The molecule has 0 aromatic carbocycles. The molecule has 3 nitrogen and oxygen atoms in total. The number of anilines is 1. The van der Waals surface area contributed by atoms with Gasteiger partial charge in [-0.2, -0.15) is 0 Å². The van der Waals surface area contributed by atoms with Crippen molar-refractivity contribution in [1.29, 1.82) is 0 Å². The molecule has 0 radical (unpaired) electrons. The molecule has 0 amide bonds. The summed E-state index contributed by atoms with van der Waals surface area (Å²) in [6.45, 7) is 0.998. The Kier molecular flexibility index (Phi) is 2.69. The van der Waals surface area contributed by atoms with Crippen LogP contribution in [0, 0.1) is 5.92 Å². The van der Waals surface area contributed by atoms with Crippen molar-refractivity contribution >= 4 is 39.0 Å². The van der Waals surface area contributed by atoms with Crippen LogP contribution in [0.15, 0.2) is 11.4 Å². The third-order valence-corrected chi connectivity index (χ3v) is 4.06. The molecule has 1 aliphatic carbocycles. The van der Waals surface area contributed by atoms with Crippen LogP contribution in [0.4, 0.5) is 5.82 Å². The van der Waals surface area contributed by atoms with Crippen molar-refractivity contribution in [2.45, 2.75) is 19.3 Å². The van der Waals surface area contributed by atoms with Gasteiger partial charge in [0.1, 0.15) is 10.6 Å². The number of hydrogen-bond acceptors (Lipinski definition) is 4. The number of fused-ring (bicyclic) bond motifs is 1. The Labute approximate surface area is 103 Å². The first-order valence-corrected chi connectivity index (χ1v) is 6.73. The van der Waals surface area contributed by atoms with E-state index in [1.54, 1.807) is 11.3 Å². The molecule has 0 saturated heterocycles. The predicted octanol–water partition coefficient (Wildman–Crippen LogP) is 3.56. The summed E-state index contributed by atoms with van der Waals surface area (Å²) in [4.78, 5) is 9.40. The monoisotopic (exact) mass is 253 g/mol. The molecule has 1 aliphatic rings. The number of thiophene rings is 1. The van der Waals surface area contributed by atoms with Crippen LogP contribution in [0.25, 0.3) is 10.2 Å². The highest BCUT2D eigenvalue weighted by Gasteiger charge is 2.17. The molecule has 0 spiro atoms. The first-order valence-electron chi connectivity index (χ1n) is 5.47. The van der Waals surface area contributed by atoms with E-state index in [1.807, 2.05) is 11.4 Å². The maximum absolute atomic E-state index is 5.89. The van der Waals surface area contributed by atoms with Gasteiger partial charge in [0.2, 0.25) is 5.28 Å². The van der Waals surface area contributed by atoms with Crippen molar-refractivity contribution < 1.29 is 0 Å². The summed E-state index contributed by atoms with van der Waals surface area (Å²) in [5, 5.41) is 6.81. The summed E-state index contributed by atoms with van der Waals surface area (Å²) in [6.07, 6.45) is 4.03. The van der Waals surface area contributed by atoms with Crippen molar-refractivity contribution in [3.8, 4) is 0 Å². The van der Waals surface area contributed by atoms with Crippen LogP contribution >= 0.6 is 22.9 Å². The molecule has 1 fully saturated rings. The molecule has 0 atom stereocenters.